The molecule has 2 aromatic rings. The Kier molecular flexibility index (Phi) is 8.14. The highest BCUT2D eigenvalue weighted by Crippen LogP contribution is 2.29. The van der Waals surface area contributed by atoms with E-state index >= 15 is 0 Å². The van der Waals surface area contributed by atoms with Crippen LogP contribution in [0.1, 0.15) is 20.7 Å². The topological polar surface area (TPSA) is 90.5 Å². The van der Waals surface area contributed by atoms with Crippen molar-refractivity contribution in [3.05, 3.63) is 63.2 Å². The van der Waals surface area contributed by atoms with Gasteiger partial charge < -0.3 is 21.1 Å². The highest BCUT2D eigenvalue weighted by atomic mass is 127. The number of halogens is 4. The Hall–Kier alpha value is -1.33. The summed E-state index contributed by atoms with van der Waals surface area (Å²) in [7, 11) is 0. The van der Waals surface area contributed by atoms with Crippen molar-refractivity contribution < 1.29 is 14.7 Å². The Labute approximate surface area is 195 Å². The maximum absolute atomic E-state index is 12.4. The highest BCUT2D eigenvalue weighted by Gasteiger charge is 2.34. The van der Waals surface area contributed by atoms with Crippen molar-refractivity contribution in [1.29, 1.82) is 0 Å². The first kappa shape index (κ1) is 23.0. The smallest absolute Gasteiger partial charge is 0.335 e. The molecule has 2 rings (SSSR count). The number of amides is 1. The van der Waals surface area contributed by atoms with E-state index in [-0.39, 0.29) is 10.7 Å². The molecule has 6 nitrogen and oxygen atoms in total. The van der Waals surface area contributed by atoms with Gasteiger partial charge in [0.2, 0.25) is 3.79 Å². The van der Waals surface area contributed by atoms with Crippen LogP contribution in [0.4, 0.5) is 5.69 Å². The van der Waals surface area contributed by atoms with E-state index in [2.05, 4.69) is 38.5 Å². The molecule has 0 radical (unpaired) electrons. The number of carboxylic acid groups (broad SMARTS) is 1. The van der Waals surface area contributed by atoms with Gasteiger partial charge in [-0.2, -0.15) is 0 Å². The number of benzene rings is 2. The van der Waals surface area contributed by atoms with Gasteiger partial charge in [-0.25, -0.2) is 4.79 Å². The number of nitrogens with one attached hydrogen (secondary N) is 3. The lowest BCUT2D eigenvalue weighted by molar-refractivity contribution is 0.0696. The van der Waals surface area contributed by atoms with Crippen LogP contribution in [0.2, 0.25) is 0 Å². The molecule has 2 aromatic carbocycles. The molecule has 0 saturated heterocycles. The van der Waals surface area contributed by atoms with Crippen molar-refractivity contribution in [3.8, 4) is 0 Å². The van der Waals surface area contributed by atoms with Gasteiger partial charge in [-0.1, -0.05) is 40.9 Å². The Morgan fingerprint density at radius 2 is 1.68 bits per heavy atom. The fourth-order valence-electron chi connectivity index (χ4n) is 2.04. The van der Waals surface area contributed by atoms with E-state index in [1.54, 1.807) is 36.4 Å². The lowest BCUT2D eigenvalue weighted by Gasteiger charge is -2.27. The minimum Gasteiger partial charge on any atom is -0.478 e. The second-order valence-electron chi connectivity index (χ2n) is 5.44. The van der Waals surface area contributed by atoms with Gasteiger partial charge in [0.25, 0.3) is 5.91 Å². The molecule has 0 saturated carbocycles. The van der Waals surface area contributed by atoms with Crippen LogP contribution < -0.4 is 16.0 Å². The van der Waals surface area contributed by atoms with Crippen molar-refractivity contribution in [2.45, 2.75) is 9.96 Å². The summed E-state index contributed by atoms with van der Waals surface area (Å²) >= 11 is 25.2. The van der Waals surface area contributed by atoms with Crippen molar-refractivity contribution in [2.75, 3.05) is 5.32 Å². The van der Waals surface area contributed by atoms with E-state index in [0.29, 0.717) is 11.3 Å². The molecule has 148 valence electrons. The maximum Gasteiger partial charge on any atom is 0.335 e. The number of anilines is 1. The van der Waals surface area contributed by atoms with Gasteiger partial charge >= 0.3 is 5.97 Å². The van der Waals surface area contributed by atoms with Crippen LogP contribution in [-0.4, -0.2) is 32.1 Å². The first-order valence-electron chi connectivity index (χ1n) is 7.60. The Morgan fingerprint density at radius 3 is 2.25 bits per heavy atom. The molecule has 4 N–H and O–H groups in total. The van der Waals surface area contributed by atoms with Crippen molar-refractivity contribution in [2.24, 2.45) is 0 Å². The molecule has 0 aromatic heterocycles. The van der Waals surface area contributed by atoms with Gasteiger partial charge in [-0.3, -0.25) is 4.79 Å². The van der Waals surface area contributed by atoms with Gasteiger partial charge in [0, 0.05) is 14.8 Å². The summed E-state index contributed by atoms with van der Waals surface area (Å²) in [5.41, 5.74) is 0.886. The predicted octanol–water partition coefficient (Wildman–Crippen LogP) is 4.40. The number of thiocarbonyl (C=S) groups is 1. The molecule has 0 bridgehead atoms. The van der Waals surface area contributed by atoms with Crippen LogP contribution in [0.3, 0.4) is 0 Å². The second-order valence-corrected chi connectivity index (χ2v) is 9.46. The minimum atomic E-state index is -1.91. The summed E-state index contributed by atoms with van der Waals surface area (Å²) in [6.07, 6.45) is -1.15. The minimum absolute atomic E-state index is 0.0294. The lowest BCUT2D eigenvalue weighted by atomic mass is 10.2. The highest BCUT2D eigenvalue weighted by molar-refractivity contribution is 14.1. The molecule has 0 heterocycles. The van der Waals surface area contributed by atoms with Gasteiger partial charge in [-0.05, 0) is 77.3 Å². The summed E-state index contributed by atoms with van der Waals surface area (Å²) in [5, 5.41) is 17.1. The van der Waals surface area contributed by atoms with Crippen LogP contribution in [0, 0.1) is 3.57 Å². The zero-order valence-corrected chi connectivity index (χ0v) is 19.1. The molecular weight excluding hydrogens is 560 g/mol. The second kappa shape index (κ2) is 9.93. The monoisotopic (exact) mass is 571 g/mol. The Bertz CT molecular complexity index is 891. The first-order valence-corrected chi connectivity index (χ1v) is 10.2. The van der Waals surface area contributed by atoms with E-state index in [1.807, 2.05) is 0 Å². The van der Waals surface area contributed by atoms with Crippen LogP contribution in [0.25, 0.3) is 0 Å². The van der Waals surface area contributed by atoms with Crippen molar-refractivity contribution in [1.82, 2.24) is 10.6 Å². The standard InChI is InChI=1S/C17H13Cl3IN3O3S/c18-17(19,20)15(23-13(25)9-4-6-11(21)7-5-9)24-16(28)22-12-3-1-2-10(8-12)14(26)27/h1-8,15H,(H,23,25)(H,26,27)(H2,22,24,28). The molecule has 0 aliphatic rings. The van der Waals surface area contributed by atoms with E-state index in [1.165, 1.54) is 12.1 Å². The number of hydrogen-bond acceptors (Lipinski definition) is 3. The zero-order chi connectivity index (χ0) is 20.9. The van der Waals surface area contributed by atoms with Gasteiger partial charge in [0.05, 0.1) is 5.56 Å². The number of carbonyl (C=O) groups is 2. The van der Waals surface area contributed by atoms with Gasteiger partial charge in [-0.15, -0.1) is 0 Å². The van der Waals surface area contributed by atoms with E-state index in [0.717, 1.165) is 3.57 Å². The third-order valence-electron chi connectivity index (χ3n) is 3.35. The Balaban J connectivity index is 2.08. The molecule has 1 atom stereocenters. The molecular formula is C17H13Cl3IN3O3S. The fourth-order valence-corrected chi connectivity index (χ4v) is 2.97. The molecule has 0 aliphatic carbocycles. The number of aromatic carboxylic acids is 1. The summed E-state index contributed by atoms with van der Waals surface area (Å²) in [4.78, 5) is 23.5. The van der Waals surface area contributed by atoms with Crippen LogP contribution in [0.15, 0.2) is 48.5 Å². The van der Waals surface area contributed by atoms with Gasteiger partial charge in [0.15, 0.2) is 5.11 Å². The zero-order valence-electron chi connectivity index (χ0n) is 13.9. The lowest BCUT2D eigenvalue weighted by Crippen LogP contribution is -2.56. The average molecular weight is 573 g/mol. The van der Waals surface area contributed by atoms with Gasteiger partial charge in [0.1, 0.15) is 6.17 Å². The normalized spacial score (nSPS) is 12.0. The largest absolute Gasteiger partial charge is 0.478 e. The third-order valence-corrected chi connectivity index (χ3v) is 4.95. The number of carboxylic acids is 1. The quantitative estimate of drug-likeness (QED) is 0.184. The molecule has 1 amide bonds. The first-order chi connectivity index (χ1) is 13.1. The average Bonchev–Trinajstić information content (AvgIpc) is 2.61. The summed E-state index contributed by atoms with van der Waals surface area (Å²) < 4.78 is -0.938. The van der Waals surface area contributed by atoms with E-state index < -0.39 is 21.8 Å². The SMILES string of the molecule is O=C(O)c1cccc(NC(=S)NC(NC(=O)c2ccc(I)cc2)C(Cl)(Cl)Cl)c1. The predicted molar refractivity (Wildman–Crippen MR) is 123 cm³/mol. The summed E-state index contributed by atoms with van der Waals surface area (Å²) in [5.74, 6) is -1.54. The molecule has 1 unspecified atom stereocenters. The summed E-state index contributed by atoms with van der Waals surface area (Å²) in [6, 6.07) is 12.8. The molecule has 0 aliphatic heterocycles. The van der Waals surface area contributed by atoms with E-state index in [4.69, 9.17) is 52.1 Å². The van der Waals surface area contributed by atoms with Crippen molar-refractivity contribution >= 4 is 92.3 Å². The van der Waals surface area contributed by atoms with Crippen molar-refractivity contribution in [3.63, 3.8) is 0 Å². The van der Waals surface area contributed by atoms with Crippen LogP contribution in [-0.2, 0) is 0 Å². The molecule has 0 spiro atoms. The summed E-state index contributed by atoms with van der Waals surface area (Å²) in [6.45, 7) is 0. The third kappa shape index (κ3) is 6.93. The number of carbonyl (C=O) groups excluding carboxylic acids is 1. The van der Waals surface area contributed by atoms with E-state index in [9.17, 15) is 9.59 Å². The number of hydrogen-bond donors (Lipinski definition) is 4. The molecule has 0 fully saturated rings. The maximum atomic E-state index is 12.4. The van der Waals surface area contributed by atoms with Crippen LogP contribution >= 0.6 is 69.6 Å². The molecule has 28 heavy (non-hydrogen) atoms. The number of rotatable bonds is 5. The number of alkyl halides is 3. The van der Waals surface area contributed by atoms with Crippen LogP contribution in [0.5, 0.6) is 0 Å². The fraction of sp³-hybridized carbons (Fsp3) is 0.118. The Morgan fingerprint density at radius 1 is 1.04 bits per heavy atom. The molecule has 11 heteroatoms.